The Morgan fingerprint density at radius 2 is 2.38 bits per heavy atom. The number of carboxylic acid groups (broad SMARTS) is 1. The molecule has 2 N–H and O–H groups in total. The van der Waals surface area contributed by atoms with E-state index in [1.165, 1.54) is 0 Å². The second-order valence-corrected chi connectivity index (χ2v) is 5.39. The molecule has 2 aromatic heterocycles. The summed E-state index contributed by atoms with van der Waals surface area (Å²) in [5, 5.41) is 15.9. The molecule has 112 valence electrons. The molecule has 21 heavy (non-hydrogen) atoms. The molecule has 7 heteroatoms. The van der Waals surface area contributed by atoms with Gasteiger partial charge in [-0.3, -0.25) is 4.79 Å². The molecule has 3 rings (SSSR count). The van der Waals surface area contributed by atoms with Crippen molar-refractivity contribution in [1.29, 1.82) is 0 Å². The maximum atomic E-state index is 10.6. The Labute approximate surface area is 122 Å². The van der Waals surface area contributed by atoms with Gasteiger partial charge < -0.3 is 15.3 Å². The largest absolute Gasteiger partial charge is 0.480 e. The van der Waals surface area contributed by atoms with Gasteiger partial charge in [0.05, 0.1) is 12.7 Å². The molecule has 0 radical (unpaired) electrons. The Kier molecular flexibility index (Phi) is 4.01. The van der Waals surface area contributed by atoms with Gasteiger partial charge >= 0.3 is 5.97 Å². The number of rotatable bonds is 5. The Morgan fingerprint density at radius 1 is 1.48 bits per heavy atom. The van der Waals surface area contributed by atoms with Gasteiger partial charge in [0.15, 0.2) is 5.82 Å². The number of fused-ring (bicyclic) bond motifs is 1. The van der Waals surface area contributed by atoms with Gasteiger partial charge in [-0.15, -0.1) is 0 Å². The Bertz CT molecular complexity index is 627. The highest BCUT2D eigenvalue weighted by Crippen LogP contribution is 2.24. The van der Waals surface area contributed by atoms with Gasteiger partial charge in [-0.2, -0.15) is 5.10 Å². The number of aliphatic carboxylic acids is 1. The summed E-state index contributed by atoms with van der Waals surface area (Å²) >= 11 is 0. The first-order valence-electron chi connectivity index (χ1n) is 7.20. The highest BCUT2D eigenvalue weighted by Gasteiger charge is 2.22. The van der Waals surface area contributed by atoms with Crippen molar-refractivity contribution in [1.82, 2.24) is 19.9 Å². The minimum absolute atomic E-state index is 0.0208. The van der Waals surface area contributed by atoms with Crippen molar-refractivity contribution in [2.24, 2.45) is 5.92 Å². The average Bonchev–Trinajstić information content (AvgIpc) is 2.95. The molecule has 7 nitrogen and oxygen atoms in total. The van der Waals surface area contributed by atoms with Crippen molar-refractivity contribution < 1.29 is 9.90 Å². The van der Waals surface area contributed by atoms with Crippen LogP contribution >= 0.6 is 0 Å². The van der Waals surface area contributed by atoms with Gasteiger partial charge in [0.25, 0.3) is 0 Å². The number of nitrogens with zero attached hydrogens (tertiary/aromatic N) is 4. The monoisotopic (exact) mass is 289 g/mol. The molecule has 1 aliphatic heterocycles. The van der Waals surface area contributed by atoms with Gasteiger partial charge in [-0.1, -0.05) is 0 Å². The third-order valence-corrected chi connectivity index (χ3v) is 3.83. The SMILES string of the molecule is O=C(O)CNCC1CCCN(c2nccn3nccc23)C1. The molecule has 0 aliphatic carbocycles. The molecular weight excluding hydrogens is 270 g/mol. The van der Waals surface area contributed by atoms with E-state index in [0.717, 1.165) is 43.8 Å². The summed E-state index contributed by atoms with van der Waals surface area (Å²) in [6, 6.07) is 1.97. The fourth-order valence-corrected chi connectivity index (χ4v) is 2.89. The molecule has 0 aromatic carbocycles. The quantitative estimate of drug-likeness (QED) is 0.839. The highest BCUT2D eigenvalue weighted by molar-refractivity contribution is 5.69. The summed E-state index contributed by atoms with van der Waals surface area (Å²) in [5.74, 6) is 0.592. The van der Waals surface area contributed by atoms with Gasteiger partial charge in [-0.05, 0) is 24.8 Å². The molecule has 1 unspecified atom stereocenters. The number of hydrogen-bond donors (Lipinski definition) is 2. The molecule has 1 saturated heterocycles. The van der Waals surface area contributed by atoms with E-state index in [1.54, 1.807) is 12.4 Å². The fourth-order valence-electron chi connectivity index (χ4n) is 2.89. The van der Waals surface area contributed by atoms with Crippen LogP contribution in [0.15, 0.2) is 24.7 Å². The van der Waals surface area contributed by atoms with E-state index in [4.69, 9.17) is 5.11 Å². The summed E-state index contributed by atoms with van der Waals surface area (Å²) in [6.45, 7) is 2.62. The maximum Gasteiger partial charge on any atom is 0.317 e. The molecule has 0 saturated carbocycles. The van der Waals surface area contributed by atoms with E-state index in [2.05, 4.69) is 20.3 Å². The van der Waals surface area contributed by atoms with Crippen LogP contribution in [-0.2, 0) is 4.79 Å². The number of carboxylic acids is 1. The fraction of sp³-hybridized carbons (Fsp3) is 0.500. The summed E-state index contributed by atoms with van der Waals surface area (Å²) in [5.41, 5.74) is 1.01. The molecule has 0 spiro atoms. The zero-order valence-electron chi connectivity index (χ0n) is 11.8. The topological polar surface area (TPSA) is 82.8 Å². The number of carbonyl (C=O) groups is 1. The van der Waals surface area contributed by atoms with Gasteiger partial charge in [0.2, 0.25) is 0 Å². The lowest BCUT2D eigenvalue weighted by molar-refractivity contribution is -0.136. The lowest BCUT2D eigenvalue weighted by atomic mass is 9.98. The van der Waals surface area contributed by atoms with Crippen molar-refractivity contribution in [3.63, 3.8) is 0 Å². The number of hydrogen-bond acceptors (Lipinski definition) is 5. The second kappa shape index (κ2) is 6.09. The van der Waals surface area contributed by atoms with Crippen LogP contribution in [0.2, 0.25) is 0 Å². The van der Waals surface area contributed by atoms with Crippen LogP contribution in [-0.4, -0.2) is 51.9 Å². The van der Waals surface area contributed by atoms with Gasteiger partial charge in [-0.25, -0.2) is 9.50 Å². The summed E-state index contributed by atoms with van der Waals surface area (Å²) in [7, 11) is 0. The molecule has 2 aromatic rings. The number of piperidine rings is 1. The first-order chi connectivity index (χ1) is 10.2. The molecule has 1 aliphatic rings. The second-order valence-electron chi connectivity index (χ2n) is 5.39. The van der Waals surface area contributed by atoms with Crippen LogP contribution in [0.1, 0.15) is 12.8 Å². The van der Waals surface area contributed by atoms with Gasteiger partial charge in [0.1, 0.15) is 5.52 Å². The summed E-state index contributed by atoms with van der Waals surface area (Å²) in [6.07, 6.45) is 7.59. The summed E-state index contributed by atoms with van der Waals surface area (Å²) in [4.78, 5) is 17.3. The smallest absolute Gasteiger partial charge is 0.317 e. The lowest BCUT2D eigenvalue weighted by Gasteiger charge is -2.33. The maximum absolute atomic E-state index is 10.6. The summed E-state index contributed by atoms with van der Waals surface area (Å²) < 4.78 is 1.83. The predicted octanol–water partition coefficient (Wildman–Crippen LogP) is 0.620. The molecule has 1 atom stereocenters. The minimum Gasteiger partial charge on any atom is -0.480 e. The minimum atomic E-state index is -0.812. The van der Waals surface area contributed by atoms with Gasteiger partial charge in [0, 0.05) is 32.0 Å². The van der Waals surface area contributed by atoms with Crippen LogP contribution in [0.3, 0.4) is 0 Å². The third kappa shape index (κ3) is 3.13. The molecule has 3 heterocycles. The van der Waals surface area contributed by atoms with Crippen LogP contribution in [0, 0.1) is 5.92 Å². The van der Waals surface area contributed by atoms with Crippen LogP contribution < -0.4 is 10.2 Å². The Morgan fingerprint density at radius 3 is 3.24 bits per heavy atom. The molecule has 0 bridgehead atoms. The molecule has 1 fully saturated rings. The average molecular weight is 289 g/mol. The highest BCUT2D eigenvalue weighted by atomic mass is 16.4. The van der Waals surface area contributed by atoms with E-state index in [9.17, 15) is 4.79 Å². The lowest BCUT2D eigenvalue weighted by Crippen LogP contribution is -2.41. The first kappa shape index (κ1) is 13.8. The van der Waals surface area contributed by atoms with E-state index in [-0.39, 0.29) is 6.54 Å². The standard InChI is InChI=1S/C14H19N5O2/c20-13(21)9-15-8-11-2-1-6-18(10-11)14-12-3-4-17-19(12)7-5-16-14/h3-5,7,11,15H,1-2,6,8-10H2,(H,20,21). The van der Waals surface area contributed by atoms with Crippen LogP contribution in [0.25, 0.3) is 5.52 Å². The zero-order chi connectivity index (χ0) is 14.7. The van der Waals surface area contributed by atoms with Crippen molar-refractivity contribution in [2.45, 2.75) is 12.8 Å². The van der Waals surface area contributed by atoms with Crippen molar-refractivity contribution in [2.75, 3.05) is 31.1 Å². The van der Waals surface area contributed by atoms with E-state index < -0.39 is 5.97 Å². The first-order valence-corrected chi connectivity index (χ1v) is 7.20. The number of anilines is 1. The third-order valence-electron chi connectivity index (χ3n) is 3.83. The number of nitrogens with one attached hydrogen (secondary N) is 1. The van der Waals surface area contributed by atoms with Crippen LogP contribution in [0.5, 0.6) is 0 Å². The predicted molar refractivity (Wildman–Crippen MR) is 78.4 cm³/mol. The molecular formula is C14H19N5O2. The zero-order valence-corrected chi connectivity index (χ0v) is 11.8. The Balaban J connectivity index is 1.68. The van der Waals surface area contributed by atoms with Crippen molar-refractivity contribution in [3.05, 3.63) is 24.7 Å². The normalized spacial score (nSPS) is 19.0. The van der Waals surface area contributed by atoms with E-state index in [1.807, 2.05) is 16.8 Å². The van der Waals surface area contributed by atoms with Crippen molar-refractivity contribution in [3.8, 4) is 0 Å². The van der Waals surface area contributed by atoms with E-state index in [0.29, 0.717) is 5.92 Å². The van der Waals surface area contributed by atoms with E-state index >= 15 is 0 Å². The Hall–Kier alpha value is -2.15. The molecule has 0 amide bonds. The number of aromatic nitrogens is 3. The van der Waals surface area contributed by atoms with Crippen molar-refractivity contribution >= 4 is 17.3 Å². The van der Waals surface area contributed by atoms with Crippen LogP contribution in [0.4, 0.5) is 5.82 Å².